The standard InChI is InChI=1S/C22H25FN5O5/c1-26(2)21(31)13-33-15-10-18(22(24)32)27(11-15)12-19(29)25-17-7-6-14(9-16(17)23)28-8-4-3-5-20(28)30/h3-10,15,18H,11-13H2,1-2H3,(H2,24,32)(H,25,29)/t15-,18?/m0/s1. The predicted octanol–water partition coefficient (Wildman–Crippen LogP) is -0.238. The minimum atomic E-state index is -0.868. The summed E-state index contributed by atoms with van der Waals surface area (Å²) in [5, 5.41) is 2.46. The second kappa shape index (κ2) is 10.4. The first-order chi connectivity index (χ1) is 15.7. The molecular formula is C22H25FN5O5. The van der Waals surface area contributed by atoms with E-state index in [4.69, 9.17) is 10.5 Å². The largest absolute Gasteiger partial charge is 0.368 e. The first-order valence-electron chi connectivity index (χ1n) is 10.1. The van der Waals surface area contributed by atoms with E-state index in [0.29, 0.717) is 5.69 Å². The number of likely N-dealkylation sites (N-methyl/N-ethyl adjacent to an activating group) is 1. The number of primary amides is 1. The second-order valence-corrected chi connectivity index (χ2v) is 7.73. The molecule has 1 unspecified atom stereocenters. The normalized spacial score (nSPS) is 18.2. The second-order valence-electron chi connectivity index (χ2n) is 7.73. The highest BCUT2D eigenvalue weighted by molar-refractivity contribution is 5.93. The van der Waals surface area contributed by atoms with Gasteiger partial charge in [0.15, 0.2) is 0 Å². The van der Waals surface area contributed by atoms with Gasteiger partial charge in [-0.2, -0.15) is 0 Å². The third-order valence-corrected chi connectivity index (χ3v) is 5.09. The molecule has 2 aromatic rings. The van der Waals surface area contributed by atoms with Crippen LogP contribution in [0.25, 0.3) is 5.69 Å². The molecular weight excluding hydrogens is 433 g/mol. The van der Waals surface area contributed by atoms with Crippen LogP contribution in [0.2, 0.25) is 0 Å². The molecule has 10 nitrogen and oxygen atoms in total. The van der Waals surface area contributed by atoms with Crippen molar-refractivity contribution in [1.29, 1.82) is 0 Å². The molecule has 1 aromatic heterocycles. The number of ether oxygens (including phenoxy) is 1. The fraction of sp³-hybridized carbons (Fsp3) is 0.318. The van der Waals surface area contributed by atoms with E-state index in [2.05, 4.69) is 5.32 Å². The van der Waals surface area contributed by atoms with E-state index in [-0.39, 0.29) is 36.9 Å². The molecule has 175 valence electrons. The first kappa shape index (κ1) is 24.1. The average Bonchev–Trinajstić information content (AvgIpc) is 3.16. The van der Waals surface area contributed by atoms with Crippen molar-refractivity contribution in [3.05, 3.63) is 65.2 Å². The van der Waals surface area contributed by atoms with Crippen LogP contribution in [0.3, 0.4) is 0 Å². The molecule has 11 heteroatoms. The van der Waals surface area contributed by atoms with E-state index in [0.717, 1.165) is 6.07 Å². The molecule has 1 aliphatic heterocycles. The van der Waals surface area contributed by atoms with Crippen LogP contribution in [0.15, 0.2) is 47.4 Å². The van der Waals surface area contributed by atoms with E-state index < -0.39 is 29.8 Å². The topological polar surface area (TPSA) is 127 Å². The fourth-order valence-electron chi connectivity index (χ4n) is 3.35. The van der Waals surface area contributed by atoms with Crippen molar-refractivity contribution in [2.75, 3.05) is 39.1 Å². The van der Waals surface area contributed by atoms with E-state index in [1.807, 2.05) is 0 Å². The molecule has 3 amide bonds. The highest BCUT2D eigenvalue weighted by atomic mass is 19.1. The van der Waals surface area contributed by atoms with Gasteiger partial charge in [0.25, 0.3) is 5.56 Å². The monoisotopic (exact) mass is 458 g/mol. The lowest BCUT2D eigenvalue weighted by Gasteiger charge is -2.21. The summed E-state index contributed by atoms with van der Waals surface area (Å²) >= 11 is 0. The van der Waals surface area contributed by atoms with Crippen LogP contribution in [0.4, 0.5) is 10.1 Å². The van der Waals surface area contributed by atoms with E-state index in [1.165, 1.54) is 45.2 Å². The third kappa shape index (κ3) is 6.02. The summed E-state index contributed by atoms with van der Waals surface area (Å²) < 4.78 is 21.3. The maximum absolute atomic E-state index is 14.6. The Hall–Kier alpha value is -3.57. The van der Waals surface area contributed by atoms with Crippen LogP contribution in [-0.2, 0) is 19.1 Å². The molecule has 1 aromatic carbocycles. The number of rotatable bonds is 8. The first-order valence-corrected chi connectivity index (χ1v) is 10.1. The molecule has 33 heavy (non-hydrogen) atoms. The number of benzene rings is 1. The van der Waals surface area contributed by atoms with Crippen molar-refractivity contribution in [3.8, 4) is 5.69 Å². The van der Waals surface area contributed by atoms with Crippen molar-refractivity contribution < 1.29 is 23.5 Å². The molecule has 3 N–H and O–H groups in total. The number of carbonyl (C=O) groups excluding carboxylic acids is 3. The number of amides is 3. The van der Waals surface area contributed by atoms with Gasteiger partial charge in [0.05, 0.1) is 30.1 Å². The molecule has 1 radical (unpaired) electrons. The molecule has 2 atom stereocenters. The smallest absolute Gasteiger partial charge is 0.255 e. The molecule has 0 aliphatic carbocycles. The Bertz CT molecular complexity index is 1100. The Labute approximate surface area is 189 Å². The van der Waals surface area contributed by atoms with Crippen molar-refractivity contribution in [1.82, 2.24) is 14.4 Å². The highest BCUT2D eigenvalue weighted by Gasteiger charge is 2.37. The van der Waals surface area contributed by atoms with Crippen LogP contribution in [0.5, 0.6) is 0 Å². The quantitative estimate of drug-likeness (QED) is 0.562. The summed E-state index contributed by atoms with van der Waals surface area (Å²) in [6.45, 7) is -0.257. The van der Waals surface area contributed by atoms with E-state index in [1.54, 1.807) is 26.2 Å². The van der Waals surface area contributed by atoms with Gasteiger partial charge in [-0.15, -0.1) is 0 Å². The molecule has 0 spiro atoms. The number of aromatic nitrogens is 1. The number of pyridine rings is 1. The van der Waals surface area contributed by atoms with Gasteiger partial charge in [0.1, 0.15) is 12.4 Å². The number of nitrogens with one attached hydrogen (secondary N) is 1. The van der Waals surface area contributed by atoms with Gasteiger partial charge < -0.3 is 20.7 Å². The Morgan fingerprint density at radius 1 is 1.24 bits per heavy atom. The minimum Gasteiger partial charge on any atom is -0.368 e. The number of hydrogen-bond donors (Lipinski definition) is 2. The Kier molecular flexibility index (Phi) is 7.56. The van der Waals surface area contributed by atoms with Crippen LogP contribution in [0, 0.1) is 12.2 Å². The molecule has 0 bridgehead atoms. The summed E-state index contributed by atoms with van der Waals surface area (Å²) in [5.41, 5.74) is 5.35. The number of hydrogen-bond acceptors (Lipinski definition) is 6. The maximum atomic E-state index is 14.6. The summed E-state index contributed by atoms with van der Waals surface area (Å²) in [6.07, 6.45) is 2.47. The van der Waals surface area contributed by atoms with Gasteiger partial charge in [0, 0.05) is 45.4 Å². The molecule has 1 fully saturated rings. The van der Waals surface area contributed by atoms with Gasteiger partial charge in [-0.1, -0.05) is 6.07 Å². The van der Waals surface area contributed by atoms with Crippen molar-refractivity contribution >= 4 is 23.4 Å². The van der Waals surface area contributed by atoms with E-state index >= 15 is 0 Å². The number of likely N-dealkylation sites (tertiary alicyclic amines) is 1. The van der Waals surface area contributed by atoms with Crippen LogP contribution >= 0.6 is 0 Å². The van der Waals surface area contributed by atoms with Crippen molar-refractivity contribution in [2.45, 2.75) is 12.1 Å². The number of nitrogens with two attached hydrogens (primary N) is 1. The number of nitrogens with zero attached hydrogens (tertiary/aromatic N) is 3. The summed E-state index contributed by atoms with van der Waals surface area (Å²) in [6, 6.07) is 7.69. The van der Waals surface area contributed by atoms with E-state index in [9.17, 15) is 23.6 Å². The Morgan fingerprint density at radius 3 is 2.64 bits per heavy atom. The zero-order valence-corrected chi connectivity index (χ0v) is 18.2. The average molecular weight is 458 g/mol. The number of anilines is 1. The Balaban J connectivity index is 1.63. The lowest BCUT2D eigenvalue weighted by molar-refractivity contribution is -0.135. The van der Waals surface area contributed by atoms with Crippen LogP contribution < -0.4 is 16.6 Å². The SMILES string of the molecule is CN(C)C(=O)CO[C@H]1[CH]C(C(N)=O)N(CC(=O)Nc2ccc(-n3ccccc3=O)cc2F)C1. The van der Waals surface area contributed by atoms with Crippen molar-refractivity contribution in [2.24, 2.45) is 5.73 Å². The summed E-state index contributed by atoms with van der Waals surface area (Å²) in [5.74, 6) is -2.20. The zero-order valence-electron chi connectivity index (χ0n) is 18.2. The van der Waals surface area contributed by atoms with Gasteiger partial charge in [0.2, 0.25) is 17.7 Å². The maximum Gasteiger partial charge on any atom is 0.255 e. The summed E-state index contributed by atoms with van der Waals surface area (Å²) in [7, 11) is 3.19. The molecule has 3 rings (SSSR count). The third-order valence-electron chi connectivity index (χ3n) is 5.09. The lowest BCUT2D eigenvalue weighted by atomic mass is 10.2. The van der Waals surface area contributed by atoms with Gasteiger partial charge >= 0.3 is 0 Å². The Morgan fingerprint density at radius 2 is 2.00 bits per heavy atom. The lowest BCUT2D eigenvalue weighted by Crippen LogP contribution is -2.44. The molecule has 0 saturated carbocycles. The van der Waals surface area contributed by atoms with Gasteiger partial charge in [-0.25, -0.2) is 4.39 Å². The van der Waals surface area contributed by atoms with Gasteiger partial charge in [-0.05, 0) is 18.2 Å². The number of carbonyl (C=O) groups is 3. The zero-order chi connectivity index (χ0) is 24.1. The molecule has 1 aliphatic rings. The number of halogens is 1. The van der Waals surface area contributed by atoms with Gasteiger partial charge in [-0.3, -0.25) is 28.6 Å². The minimum absolute atomic E-state index is 0.0732. The predicted molar refractivity (Wildman–Crippen MR) is 118 cm³/mol. The molecule has 2 heterocycles. The molecule has 1 saturated heterocycles. The van der Waals surface area contributed by atoms with Crippen LogP contribution in [0.1, 0.15) is 0 Å². The fourth-order valence-corrected chi connectivity index (χ4v) is 3.35. The van der Waals surface area contributed by atoms with Crippen LogP contribution in [-0.4, -0.2) is 78.0 Å². The highest BCUT2D eigenvalue weighted by Crippen LogP contribution is 2.21. The summed E-state index contributed by atoms with van der Waals surface area (Å²) in [4.78, 5) is 50.8. The van der Waals surface area contributed by atoms with Crippen molar-refractivity contribution in [3.63, 3.8) is 0 Å².